The third kappa shape index (κ3) is 6.40. The summed E-state index contributed by atoms with van der Waals surface area (Å²) in [5.41, 5.74) is 1.68. The van der Waals surface area contributed by atoms with Crippen LogP contribution in [0.5, 0.6) is 5.75 Å². The molecule has 0 amide bonds. The van der Waals surface area contributed by atoms with Gasteiger partial charge < -0.3 is 20.5 Å². The number of aliphatic hydroxyl groups is 1. The zero-order valence-corrected chi connectivity index (χ0v) is 15.8. The fraction of sp³-hybridized carbons (Fsp3) is 0.632. The van der Waals surface area contributed by atoms with Gasteiger partial charge in [0.15, 0.2) is 5.96 Å². The van der Waals surface area contributed by atoms with Gasteiger partial charge in [-0.05, 0) is 44.7 Å². The van der Waals surface area contributed by atoms with Gasteiger partial charge in [-0.3, -0.25) is 4.99 Å². The van der Waals surface area contributed by atoms with Gasteiger partial charge in [0, 0.05) is 13.1 Å². The topological polar surface area (TPSA) is 65.9 Å². The van der Waals surface area contributed by atoms with Crippen LogP contribution < -0.4 is 15.4 Å². The molecule has 0 radical (unpaired) electrons. The summed E-state index contributed by atoms with van der Waals surface area (Å²) in [7, 11) is 1.70. The average Bonchev–Trinajstić information content (AvgIpc) is 2.59. The SMILES string of the molecule is CCNC(=NCC(O)(CC)CC)NCCc1cc(C)ccc1OC. The molecule has 1 aromatic rings. The highest BCUT2D eigenvalue weighted by atomic mass is 16.5. The number of methoxy groups -OCH3 is 1. The molecule has 5 heteroatoms. The van der Waals surface area contributed by atoms with Gasteiger partial charge in [0.25, 0.3) is 0 Å². The van der Waals surface area contributed by atoms with Crippen molar-refractivity contribution in [3.63, 3.8) is 0 Å². The van der Waals surface area contributed by atoms with Crippen LogP contribution >= 0.6 is 0 Å². The van der Waals surface area contributed by atoms with Gasteiger partial charge in [0.05, 0.1) is 19.3 Å². The monoisotopic (exact) mass is 335 g/mol. The van der Waals surface area contributed by atoms with Crippen molar-refractivity contribution in [2.75, 3.05) is 26.7 Å². The molecular formula is C19H33N3O2. The third-order valence-corrected chi connectivity index (χ3v) is 4.31. The molecule has 0 aliphatic rings. The molecule has 0 saturated heterocycles. The maximum atomic E-state index is 10.4. The number of aryl methyl sites for hydroxylation is 1. The lowest BCUT2D eigenvalue weighted by molar-refractivity contribution is 0.0418. The summed E-state index contributed by atoms with van der Waals surface area (Å²) in [5, 5.41) is 16.9. The van der Waals surface area contributed by atoms with E-state index in [9.17, 15) is 5.11 Å². The van der Waals surface area contributed by atoms with Gasteiger partial charge in [0.2, 0.25) is 0 Å². The molecule has 0 unspecified atom stereocenters. The third-order valence-electron chi connectivity index (χ3n) is 4.31. The Hall–Kier alpha value is -1.75. The highest BCUT2D eigenvalue weighted by molar-refractivity contribution is 5.79. The molecule has 0 fully saturated rings. The Bertz CT molecular complexity index is 525. The van der Waals surface area contributed by atoms with E-state index in [1.165, 1.54) is 11.1 Å². The zero-order valence-electron chi connectivity index (χ0n) is 15.8. The second kappa shape index (κ2) is 10.2. The second-order valence-electron chi connectivity index (χ2n) is 6.12. The van der Waals surface area contributed by atoms with Crippen molar-refractivity contribution in [1.82, 2.24) is 10.6 Å². The van der Waals surface area contributed by atoms with Crippen LogP contribution in [0.4, 0.5) is 0 Å². The maximum Gasteiger partial charge on any atom is 0.191 e. The first kappa shape index (κ1) is 20.3. The molecule has 5 nitrogen and oxygen atoms in total. The smallest absolute Gasteiger partial charge is 0.191 e. The Balaban J connectivity index is 2.65. The van der Waals surface area contributed by atoms with E-state index in [-0.39, 0.29) is 0 Å². The van der Waals surface area contributed by atoms with Crippen molar-refractivity contribution in [1.29, 1.82) is 0 Å². The van der Waals surface area contributed by atoms with E-state index in [0.717, 1.165) is 31.2 Å². The molecular weight excluding hydrogens is 302 g/mol. The minimum absolute atomic E-state index is 0.406. The van der Waals surface area contributed by atoms with E-state index in [4.69, 9.17) is 4.74 Å². The molecule has 1 rings (SSSR count). The van der Waals surface area contributed by atoms with Gasteiger partial charge in [-0.15, -0.1) is 0 Å². The summed E-state index contributed by atoms with van der Waals surface area (Å²) in [5.74, 6) is 1.65. The van der Waals surface area contributed by atoms with Crippen molar-refractivity contribution in [2.45, 2.75) is 52.6 Å². The minimum atomic E-state index is -0.720. The summed E-state index contributed by atoms with van der Waals surface area (Å²) < 4.78 is 5.42. The van der Waals surface area contributed by atoms with Crippen molar-refractivity contribution in [3.8, 4) is 5.75 Å². The molecule has 136 valence electrons. The van der Waals surface area contributed by atoms with Crippen molar-refractivity contribution in [2.24, 2.45) is 4.99 Å². The number of nitrogens with one attached hydrogen (secondary N) is 2. The molecule has 0 aliphatic heterocycles. The molecule has 3 N–H and O–H groups in total. The largest absolute Gasteiger partial charge is 0.496 e. The van der Waals surface area contributed by atoms with Crippen LogP contribution in [0.25, 0.3) is 0 Å². The Morgan fingerprint density at radius 3 is 2.50 bits per heavy atom. The van der Waals surface area contributed by atoms with E-state index < -0.39 is 5.60 Å². The fourth-order valence-electron chi connectivity index (χ4n) is 2.46. The molecule has 1 aromatic carbocycles. The highest BCUT2D eigenvalue weighted by Crippen LogP contribution is 2.19. The Labute approximate surface area is 146 Å². The van der Waals surface area contributed by atoms with E-state index in [1.807, 2.05) is 26.8 Å². The molecule has 0 bridgehead atoms. The van der Waals surface area contributed by atoms with Crippen molar-refractivity contribution in [3.05, 3.63) is 29.3 Å². The molecule has 24 heavy (non-hydrogen) atoms. The van der Waals surface area contributed by atoms with Crippen LogP contribution in [0, 0.1) is 6.92 Å². The number of rotatable bonds is 9. The number of ether oxygens (including phenoxy) is 1. The second-order valence-corrected chi connectivity index (χ2v) is 6.12. The quantitative estimate of drug-likeness (QED) is 0.479. The lowest BCUT2D eigenvalue weighted by Crippen LogP contribution is -2.40. The number of hydrogen-bond donors (Lipinski definition) is 3. The van der Waals surface area contributed by atoms with Crippen LogP contribution in [0.1, 0.15) is 44.7 Å². The first-order valence-electron chi connectivity index (χ1n) is 8.86. The fourth-order valence-corrected chi connectivity index (χ4v) is 2.46. The number of nitrogens with zero attached hydrogens (tertiary/aromatic N) is 1. The summed E-state index contributed by atoms with van der Waals surface area (Å²) in [6, 6.07) is 6.21. The first-order valence-corrected chi connectivity index (χ1v) is 8.86. The lowest BCUT2D eigenvalue weighted by atomic mass is 9.98. The van der Waals surface area contributed by atoms with Gasteiger partial charge in [-0.2, -0.15) is 0 Å². The van der Waals surface area contributed by atoms with Gasteiger partial charge in [0.1, 0.15) is 5.75 Å². The molecule has 0 saturated carbocycles. The average molecular weight is 335 g/mol. The first-order chi connectivity index (χ1) is 11.5. The molecule has 0 atom stereocenters. The number of guanidine groups is 1. The summed E-state index contributed by atoms with van der Waals surface area (Å²) in [6.45, 7) is 10.0. The Morgan fingerprint density at radius 2 is 1.92 bits per heavy atom. The number of hydrogen-bond acceptors (Lipinski definition) is 3. The molecule has 0 aromatic heterocycles. The molecule has 0 aliphatic carbocycles. The van der Waals surface area contributed by atoms with E-state index in [2.05, 4.69) is 34.7 Å². The van der Waals surface area contributed by atoms with Crippen molar-refractivity contribution < 1.29 is 9.84 Å². The highest BCUT2D eigenvalue weighted by Gasteiger charge is 2.21. The molecule has 0 spiro atoms. The number of benzene rings is 1. The summed E-state index contributed by atoms with van der Waals surface area (Å²) in [6.07, 6.45) is 2.25. The lowest BCUT2D eigenvalue weighted by Gasteiger charge is -2.23. The zero-order chi connectivity index (χ0) is 18.0. The van der Waals surface area contributed by atoms with E-state index in [0.29, 0.717) is 19.4 Å². The maximum absolute atomic E-state index is 10.4. The predicted octanol–water partition coefficient (Wildman–Crippen LogP) is 2.65. The summed E-state index contributed by atoms with van der Waals surface area (Å²) >= 11 is 0. The minimum Gasteiger partial charge on any atom is -0.496 e. The molecule has 0 heterocycles. The van der Waals surface area contributed by atoms with Crippen LogP contribution in [-0.2, 0) is 6.42 Å². The predicted molar refractivity (Wildman–Crippen MR) is 101 cm³/mol. The number of aliphatic imine (C=N–C) groups is 1. The Kier molecular flexibility index (Phi) is 8.61. The van der Waals surface area contributed by atoms with Gasteiger partial charge >= 0.3 is 0 Å². The van der Waals surface area contributed by atoms with Crippen LogP contribution in [0.2, 0.25) is 0 Å². The van der Waals surface area contributed by atoms with E-state index in [1.54, 1.807) is 7.11 Å². The van der Waals surface area contributed by atoms with Crippen LogP contribution in [0.3, 0.4) is 0 Å². The normalized spacial score (nSPS) is 12.2. The van der Waals surface area contributed by atoms with Crippen LogP contribution in [0.15, 0.2) is 23.2 Å². The van der Waals surface area contributed by atoms with Crippen molar-refractivity contribution >= 4 is 5.96 Å². The van der Waals surface area contributed by atoms with Crippen LogP contribution in [-0.4, -0.2) is 43.4 Å². The van der Waals surface area contributed by atoms with E-state index >= 15 is 0 Å². The Morgan fingerprint density at radius 1 is 1.21 bits per heavy atom. The van der Waals surface area contributed by atoms with Gasteiger partial charge in [-0.1, -0.05) is 31.5 Å². The summed E-state index contributed by atoms with van der Waals surface area (Å²) in [4.78, 5) is 4.53. The van der Waals surface area contributed by atoms with Gasteiger partial charge in [-0.25, -0.2) is 0 Å². The standard InChI is InChI=1S/C19H33N3O2/c1-6-19(23,7-2)14-22-18(20-8-3)21-12-11-16-13-15(4)9-10-17(16)24-5/h9-10,13,23H,6-8,11-12,14H2,1-5H3,(H2,20,21,22).